The summed E-state index contributed by atoms with van der Waals surface area (Å²) in [4.78, 5) is 0.599. The molecule has 0 amide bonds. The van der Waals surface area contributed by atoms with Gasteiger partial charge in [-0.3, -0.25) is 4.57 Å². The van der Waals surface area contributed by atoms with Crippen molar-refractivity contribution in [2.45, 2.75) is 43.2 Å². The minimum Gasteiger partial charge on any atom is -0.308 e. The van der Waals surface area contributed by atoms with Gasteiger partial charge >= 0.3 is 7.60 Å². The lowest BCUT2D eigenvalue weighted by molar-refractivity contribution is 0.204. The number of halogens is 1. The van der Waals surface area contributed by atoms with Crippen LogP contribution in [0.25, 0.3) is 0 Å². The molecule has 0 aromatic heterocycles. The van der Waals surface area contributed by atoms with Crippen molar-refractivity contribution in [2.75, 3.05) is 13.2 Å². The van der Waals surface area contributed by atoms with Crippen molar-refractivity contribution < 1.29 is 17.8 Å². The second kappa shape index (κ2) is 10.1. The van der Waals surface area contributed by atoms with E-state index in [9.17, 15) is 8.77 Å². The predicted molar refractivity (Wildman–Crippen MR) is 115 cm³/mol. The summed E-state index contributed by atoms with van der Waals surface area (Å²) in [5.74, 6) is 0. The summed E-state index contributed by atoms with van der Waals surface area (Å²) >= 11 is 6.85. The normalized spacial score (nSPS) is 16.3. The highest BCUT2D eigenvalue weighted by Crippen LogP contribution is 2.66. The molecule has 0 fully saturated rings. The molecule has 0 bridgehead atoms. The summed E-state index contributed by atoms with van der Waals surface area (Å²) in [6.07, 6.45) is 0. The maximum absolute atomic E-state index is 13.5. The topological polar surface area (TPSA) is 64.6 Å². The largest absolute Gasteiger partial charge is 0.353 e. The smallest absolute Gasteiger partial charge is 0.308 e. The van der Waals surface area contributed by atoms with Crippen LogP contribution in [0.3, 0.4) is 0 Å². The van der Waals surface area contributed by atoms with Gasteiger partial charge < -0.3 is 9.05 Å². The van der Waals surface area contributed by atoms with Crippen LogP contribution in [0, 0.1) is 6.92 Å². The number of hydrogen-bond donors (Lipinski definition) is 1. The number of aryl methyl sites for hydroxylation is 1. The van der Waals surface area contributed by atoms with Crippen molar-refractivity contribution in [3.63, 3.8) is 0 Å². The Hall–Kier alpha value is -1.01. The molecule has 0 saturated heterocycles. The Morgan fingerprint density at radius 3 is 2.11 bits per heavy atom. The van der Waals surface area contributed by atoms with E-state index in [-0.39, 0.29) is 13.2 Å². The molecule has 2 rings (SSSR count). The second-order valence-electron chi connectivity index (χ2n) is 6.40. The molecular formula is C20H27ClNO4PS. The lowest BCUT2D eigenvalue weighted by Crippen LogP contribution is -2.39. The highest BCUT2D eigenvalue weighted by Gasteiger charge is 2.52. The number of nitrogens with one attached hydrogen (secondary N) is 1. The van der Waals surface area contributed by atoms with Crippen LogP contribution in [0.2, 0.25) is 0 Å². The molecule has 2 aromatic carbocycles. The van der Waals surface area contributed by atoms with E-state index >= 15 is 0 Å². The molecule has 0 saturated carbocycles. The Kier molecular flexibility index (Phi) is 8.44. The quantitative estimate of drug-likeness (QED) is 0.385. The van der Waals surface area contributed by atoms with Gasteiger partial charge in [-0.25, -0.2) is 8.93 Å². The third kappa shape index (κ3) is 5.32. The van der Waals surface area contributed by atoms with Gasteiger partial charge in [0.1, 0.15) is 11.0 Å². The molecule has 0 spiro atoms. The van der Waals surface area contributed by atoms with Gasteiger partial charge in [-0.05, 0) is 45.4 Å². The summed E-state index contributed by atoms with van der Waals surface area (Å²) in [6.45, 7) is 7.38. The van der Waals surface area contributed by atoms with E-state index in [0.29, 0.717) is 4.90 Å². The van der Waals surface area contributed by atoms with Crippen LogP contribution in [0.15, 0.2) is 59.5 Å². The third-order valence-electron chi connectivity index (χ3n) is 4.25. The van der Waals surface area contributed by atoms with Crippen molar-refractivity contribution in [3.8, 4) is 0 Å². The van der Waals surface area contributed by atoms with E-state index in [1.54, 1.807) is 32.9 Å². The van der Waals surface area contributed by atoms with Crippen LogP contribution >= 0.6 is 19.2 Å². The zero-order chi connectivity index (χ0) is 20.8. The van der Waals surface area contributed by atoms with E-state index in [1.165, 1.54) is 0 Å². The molecule has 0 aliphatic rings. The Morgan fingerprint density at radius 2 is 1.61 bits per heavy atom. The maximum Gasteiger partial charge on any atom is 0.353 e. The Labute approximate surface area is 174 Å². The van der Waals surface area contributed by atoms with Gasteiger partial charge in [0.25, 0.3) is 0 Å². The number of alkyl halides is 1. The molecule has 0 aliphatic heterocycles. The second-order valence-corrected chi connectivity index (χ2v) is 11.1. The van der Waals surface area contributed by atoms with Crippen LogP contribution in [-0.4, -0.2) is 22.0 Å². The number of benzene rings is 2. The molecule has 154 valence electrons. The third-order valence-corrected chi connectivity index (χ3v) is 8.77. The van der Waals surface area contributed by atoms with Crippen molar-refractivity contribution in [1.82, 2.24) is 4.72 Å². The molecule has 28 heavy (non-hydrogen) atoms. The van der Waals surface area contributed by atoms with E-state index in [4.69, 9.17) is 20.6 Å². The van der Waals surface area contributed by atoms with Crippen molar-refractivity contribution in [3.05, 3.63) is 65.7 Å². The van der Waals surface area contributed by atoms with Gasteiger partial charge in [0.05, 0.1) is 24.2 Å². The van der Waals surface area contributed by atoms with Gasteiger partial charge in [-0.1, -0.05) is 48.0 Å². The fourth-order valence-electron chi connectivity index (χ4n) is 2.75. The molecule has 0 radical (unpaired) electrons. The monoisotopic (exact) mass is 443 g/mol. The molecule has 0 heterocycles. The molecule has 5 nitrogen and oxygen atoms in total. The zero-order valence-corrected chi connectivity index (χ0v) is 19.0. The fourth-order valence-corrected chi connectivity index (χ4v) is 6.27. The van der Waals surface area contributed by atoms with Crippen LogP contribution < -0.4 is 4.72 Å². The average molecular weight is 444 g/mol. The van der Waals surface area contributed by atoms with E-state index in [0.717, 1.165) is 11.1 Å². The lowest BCUT2D eigenvalue weighted by Gasteiger charge is -2.37. The summed E-state index contributed by atoms with van der Waals surface area (Å²) in [6, 6.07) is 15.8. The Balaban J connectivity index is 2.45. The molecule has 2 aromatic rings. The molecule has 0 unspecified atom stereocenters. The molecule has 8 heteroatoms. The maximum atomic E-state index is 13.5. The minimum atomic E-state index is -3.73. The first-order chi connectivity index (χ1) is 13.2. The summed E-state index contributed by atoms with van der Waals surface area (Å²) in [5.41, 5.74) is 1.81. The molecule has 3 atom stereocenters. The highest BCUT2D eigenvalue weighted by atomic mass is 35.5. The first kappa shape index (κ1) is 23.3. The van der Waals surface area contributed by atoms with E-state index in [2.05, 4.69) is 4.72 Å². The summed E-state index contributed by atoms with van der Waals surface area (Å²) in [7, 11) is -5.31. The van der Waals surface area contributed by atoms with Gasteiger partial charge in [-0.2, -0.15) is 0 Å². The zero-order valence-electron chi connectivity index (χ0n) is 16.6. The summed E-state index contributed by atoms with van der Waals surface area (Å²) in [5, 5.41) is 0. The van der Waals surface area contributed by atoms with Crippen molar-refractivity contribution in [1.29, 1.82) is 0 Å². The SMILES string of the molecule is CCOP(=O)(OCC)[C@@](C)(Cl)[C@H](N[S@@](=O)c1ccc(C)cc1)c1ccccc1. The van der Waals surface area contributed by atoms with Gasteiger partial charge in [0.15, 0.2) is 4.62 Å². The van der Waals surface area contributed by atoms with Crippen molar-refractivity contribution >= 4 is 30.2 Å². The van der Waals surface area contributed by atoms with Crippen LogP contribution in [0.4, 0.5) is 0 Å². The average Bonchev–Trinajstić information content (AvgIpc) is 2.67. The number of hydrogen-bond acceptors (Lipinski definition) is 4. The van der Waals surface area contributed by atoms with Crippen molar-refractivity contribution in [2.24, 2.45) is 0 Å². The van der Waals surface area contributed by atoms with Gasteiger partial charge in [0.2, 0.25) is 0 Å². The molecular weight excluding hydrogens is 417 g/mol. The van der Waals surface area contributed by atoms with Gasteiger partial charge in [-0.15, -0.1) is 11.6 Å². The Bertz CT molecular complexity index is 820. The highest BCUT2D eigenvalue weighted by molar-refractivity contribution is 7.83. The first-order valence-electron chi connectivity index (χ1n) is 9.12. The minimum absolute atomic E-state index is 0.183. The molecule has 0 aliphatic carbocycles. The Morgan fingerprint density at radius 1 is 1.07 bits per heavy atom. The first-order valence-corrected chi connectivity index (χ1v) is 12.2. The fraction of sp³-hybridized carbons (Fsp3) is 0.400. The molecule has 1 N–H and O–H groups in total. The predicted octanol–water partition coefficient (Wildman–Crippen LogP) is 5.57. The standard InChI is InChI=1S/C20H27ClNO4PS/c1-5-25-27(23,26-6-2)20(4,21)19(17-10-8-7-9-11-17)22-28(24)18-14-12-16(3)13-15-18/h7-15,19,22H,5-6H2,1-4H3/t19-,20-,28+/m1/s1. The van der Waals surface area contributed by atoms with Crippen LogP contribution in [-0.2, 0) is 24.6 Å². The van der Waals surface area contributed by atoms with E-state index in [1.807, 2.05) is 49.4 Å². The van der Waals surface area contributed by atoms with Gasteiger partial charge in [0, 0.05) is 0 Å². The van der Waals surface area contributed by atoms with Crippen LogP contribution in [0.5, 0.6) is 0 Å². The number of rotatable bonds is 10. The lowest BCUT2D eigenvalue weighted by atomic mass is 10.1. The van der Waals surface area contributed by atoms with Crippen LogP contribution in [0.1, 0.15) is 37.9 Å². The van der Waals surface area contributed by atoms with E-state index < -0.39 is 29.2 Å². The summed E-state index contributed by atoms with van der Waals surface area (Å²) < 4.78 is 39.1.